The number of pyridine rings is 1. The fourth-order valence-corrected chi connectivity index (χ4v) is 5.75. The third kappa shape index (κ3) is 3.69. The number of Topliss-reactive ketones (excluding diaryl/α,β-unsaturated/α-hetero) is 1. The number of hydrogen-bond acceptors (Lipinski definition) is 4. The van der Waals surface area contributed by atoms with Crippen LogP contribution in [0.3, 0.4) is 0 Å². The summed E-state index contributed by atoms with van der Waals surface area (Å²) >= 11 is 3.46. The molecule has 0 bridgehead atoms. The first-order valence-electron chi connectivity index (χ1n) is 10.7. The fourth-order valence-electron chi connectivity index (χ4n) is 5.49. The SMILES string of the molecule is Cc1ncc(C(=O)CC2CC3(C2)CC(C(=O)O)C3)c2c1cnn2Cc1ccc(Br)cc1. The summed E-state index contributed by atoms with van der Waals surface area (Å²) in [4.78, 5) is 28.8. The van der Waals surface area contributed by atoms with E-state index in [0.717, 1.165) is 52.3 Å². The van der Waals surface area contributed by atoms with E-state index in [0.29, 0.717) is 24.4 Å². The first kappa shape index (κ1) is 20.4. The molecule has 0 amide bonds. The Kier molecular flexibility index (Phi) is 4.96. The molecular formula is C24H24BrN3O3. The molecule has 7 heteroatoms. The average molecular weight is 482 g/mol. The minimum Gasteiger partial charge on any atom is -0.481 e. The molecule has 5 rings (SSSR count). The maximum Gasteiger partial charge on any atom is 0.306 e. The highest BCUT2D eigenvalue weighted by atomic mass is 79.9. The molecule has 0 unspecified atom stereocenters. The van der Waals surface area contributed by atoms with Gasteiger partial charge >= 0.3 is 5.97 Å². The van der Waals surface area contributed by atoms with Crippen LogP contribution in [0, 0.1) is 24.2 Å². The van der Waals surface area contributed by atoms with Crippen LogP contribution >= 0.6 is 15.9 Å². The Hall–Kier alpha value is -2.54. The van der Waals surface area contributed by atoms with E-state index < -0.39 is 5.97 Å². The van der Waals surface area contributed by atoms with Crippen molar-refractivity contribution < 1.29 is 14.7 Å². The quantitative estimate of drug-likeness (QED) is 0.499. The van der Waals surface area contributed by atoms with E-state index in [-0.39, 0.29) is 17.1 Å². The third-order valence-corrected chi connectivity index (χ3v) is 7.57. The van der Waals surface area contributed by atoms with Crippen molar-refractivity contribution in [3.8, 4) is 0 Å². The molecule has 1 spiro atoms. The van der Waals surface area contributed by atoms with Crippen LogP contribution in [0.4, 0.5) is 0 Å². The predicted molar refractivity (Wildman–Crippen MR) is 120 cm³/mol. The van der Waals surface area contributed by atoms with Gasteiger partial charge in [0, 0.05) is 28.2 Å². The number of benzene rings is 1. The van der Waals surface area contributed by atoms with Crippen molar-refractivity contribution in [1.29, 1.82) is 0 Å². The summed E-state index contributed by atoms with van der Waals surface area (Å²) in [5.74, 6) is -0.437. The van der Waals surface area contributed by atoms with Gasteiger partial charge in [-0.25, -0.2) is 0 Å². The Labute approximate surface area is 188 Å². The average Bonchev–Trinajstić information content (AvgIpc) is 3.09. The number of ketones is 1. The van der Waals surface area contributed by atoms with Crippen LogP contribution in [0.25, 0.3) is 10.9 Å². The maximum atomic E-state index is 13.2. The number of fused-ring (bicyclic) bond motifs is 1. The van der Waals surface area contributed by atoms with Crippen LogP contribution in [0.15, 0.2) is 41.1 Å². The fraction of sp³-hybridized carbons (Fsp3) is 0.417. The zero-order valence-corrected chi connectivity index (χ0v) is 18.9. The van der Waals surface area contributed by atoms with E-state index in [1.54, 1.807) is 12.4 Å². The van der Waals surface area contributed by atoms with Gasteiger partial charge in [0.25, 0.3) is 0 Å². The van der Waals surface area contributed by atoms with Crippen molar-refractivity contribution in [3.05, 3.63) is 58.0 Å². The van der Waals surface area contributed by atoms with Gasteiger partial charge in [0.1, 0.15) is 0 Å². The molecule has 2 saturated carbocycles. The lowest BCUT2D eigenvalue weighted by Crippen LogP contribution is -2.50. The van der Waals surface area contributed by atoms with E-state index in [9.17, 15) is 9.59 Å². The first-order valence-corrected chi connectivity index (χ1v) is 11.4. The van der Waals surface area contributed by atoms with Gasteiger partial charge in [-0.3, -0.25) is 19.3 Å². The Morgan fingerprint density at radius 2 is 1.87 bits per heavy atom. The smallest absolute Gasteiger partial charge is 0.306 e. The summed E-state index contributed by atoms with van der Waals surface area (Å²) in [5.41, 5.74) is 3.64. The summed E-state index contributed by atoms with van der Waals surface area (Å²) in [6.45, 7) is 2.52. The molecule has 2 aromatic heterocycles. The highest BCUT2D eigenvalue weighted by Crippen LogP contribution is 2.62. The summed E-state index contributed by atoms with van der Waals surface area (Å²) in [5, 5.41) is 14.6. The molecule has 0 radical (unpaired) electrons. The minimum absolute atomic E-state index is 0.101. The number of nitrogens with zero attached hydrogens (tertiary/aromatic N) is 3. The van der Waals surface area contributed by atoms with Crippen LogP contribution in [-0.2, 0) is 11.3 Å². The molecule has 160 valence electrons. The lowest BCUT2D eigenvalue weighted by Gasteiger charge is -2.56. The van der Waals surface area contributed by atoms with E-state index >= 15 is 0 Å². The van der Waals surface area contributed by atoms with E-state index in [1.807, 2.05) is 35.9 Å². The summed E-state index contributed by atoms with van der Waals surface area (Å²) < 4.78 is 2.92. The summed E-state index contributed by atoms with van der Waals surface area (Å²) in [6.07, 6.45) is 7.44. The van der Waals surface area contributed by atoms with Crippen molar-refractivity contribution in [2.75, 3.05) is 0 Å². The number of halogens is 1. The van der Waals surface area contributed by atoms with E-state index in [4.69, 9.17) is 5.11 Å². The largest absolute Gasteiger partial charge is 0.481 e. The highest BCUT2D eigenvalue weighted by Gasteiger charge is 2.54. The van der Waals surface area contributed by atoms with Gasteiger partial charge in [-0.2, -0.15) is 5.10 Å². The molecule has 0 atom stereocenters. The molecular weight excluding hydrogens is 458 g/mol. The summed E-state index contributed by atoms with van der Waals surface area (Å²) in [6, 6.07) is 8.09. The van der Waals surface area contributed by atoms with E-state index in [1.165, 1.54) is 0 Å². The van der Waals surface area contributed by atoms with Gasteiger partial charge in [0.15, 0.2) is 5.78 Å². The number of hydrogen-bond donors (Lipinski definition) is 1. The van der Waals surface area contributed by atoms with Crippen molar-refractivity contribution in [3.63, 3.8) is 0 Å². The van der Waals surface area contributed by atoms with Gasteiger partial charge < -0.3 is 5.11 Å². The Morgan fingerprint density at radius 1 is 1.16 bits per heavy atom. The second-order valence-corrected chi connectivity index (χ2v) is 10.2. The lowest BCUT2D eigenvalue weighted by atomic mass is 9.47. The number of carbonyl (C=O) groups excluding carboxylic acids is 1. The topological polar surface area (TPSA) is 85.1 Å². The first-order chi connectivity index (χ1) is 14.8. The monoisotopic (exact) mass is 481 g/mol. The zero-order valence-electron chi connectivity index (χ0n) is 17.3. The van der Waals surface area contributed by atoms with Crippen molar-refractivity contribution in [2.24, 2.45) is 17.3 Å². The van der Waals surface area contributed by atoms with Crippen LogP contribution in [0.1, 0.15) is 53.7 Å². The number of aliphatic carboxylic acids is 1. The standard InChI is InChI=1S/C24H24BrN3O3/c1-14-19-12-27-28(13-15-2-4-18(25)5-3-15)22(19)20(11-26-14)21(29)6-16-7-24(8-16)9-17(10-24)23(30)31/h2-5,11-12,16-17H,6-10,13H2,1H3,(H,30,31). The van der Waals surface area contributed by atoms with Gasteiger partial charge in [0.05, 0.1) is 29.7 Å². The van der Waals surface area contributed by atoms with Crippen LogP contribution in [0.5, 0.6) is 0 Å². The van der Waals surface area contributed by atoms with Crippen LogP contribution in [0.2, 0.25) is 0 Å². The number of aromatic nitrogens is 3. The zero-order chi connectivity index (χ0) is 21.8. The number of aryl methyl sites for hydroxylation is 1. The molecule has 0 saturated heterocycles. The molecule has 3 aromatic rings. The Balaban J connectivity index is 1.34. The van der Waals surface area contributed by atoms with Crippen molar-refractivity contribution >= 4 is 38.6 Å². The van der Waals surface area contributed by atoms with E-state index in [2.05, 4.69) is 26.0 Å². The van der Waals surface area contributed by atoms with Gasteiger partial charge in [-0.05, 0) is 61.6 Å². The second-order valence-electron chi connectivity index (χ2n) is 9.29. The van der Waals surface area contributed by atoms with Crippen molar-refractivity contribution in [1.82, 2.24) is 14.8 Å². The molecule has 31 heavy (non-hydrogen) atoms. The molecule has 0 aliphatic heterocycles. The molecule has 2 heterocycles. The number of carboxylic acids is 1. The minimum atomic E-state index is -0.683. The van der Waals surface area contributed by atoms with Gasteiger partial charge in [-0.1, -0.05) is 28.1 Å². The molecule has 1 aromatic carbocycles. The van der Waals surface area contributed by atoms with Crippen LogP contribution < -0.4 is 0 Å². The molecule has 2 aliphatic carbocycles. The van der Waals surface area contributed by atoms with Gasteiger partial charge in [0.2, 0.25) is 0 Å². The third-order valence-electron chi connectivity index (χ3n) is 7.04. The van der Waals surface area contributed by atoms with Crippen molar-refractivity contribution in [2.45, 2.75) is 45.6 Å². The highest BCUT2D eigenvalue weighted by molar-refractivity contribution is 9.10. The molecule has 1 N–H and O–H groups in total. The Bertz CT molecular complexity index is 1170. The van der Waals surface area contributed by atoms with Crippen LogP contribution in [-0.4, -0.2) is 31.6 Å². The van der Waals surface area contributed by atoms with Gasteiger partial charge in [-0.15, -0.1) is 0 Å². The molecule has 2 aliphatic rings. The predicted octanol–water partition coefficient (Wildman–Crippen LogP) is 5.01. The normalized spacial score (nSPS) is 24.7. The molecule has 6 nitrogen and oxygen atoms in total. The maximum absolute atomic E-state index is 13.2. The molecule has 2 fully saturated rings. The number of rotatable bonds is 6. The number of carboxylic acid groups (broad SMARTS) is 1. The summed E-state index contributed by atoms with van der Waals surface area (Å²) in [7, 11) is 0. The lowest BCUT2D eigenvalue weighted by molar-refractivity contribution is -0.157. The number of carbonyl (C=O) groups is 2. The second kappa shape index (κ2) is 7.55. The Morgan fingerprint density at radius 3 is 2.55 bits per heavy atom.